The first-order chi connectivity index (χ1) is 8.06. The predicted molar refractivity (Wildman–Crippen MR) is 73.3 cm³/mol. The van der Waals surface area contributed by atoms with Gasteiger partial charge in [0, 0.05) is 5.69 Å². The van der Waals surface area contributed by atoms with E-state index in [1.807, 2.05) is 0 Å². The Kier molecular flexibility index (Phi) is 3.28. The summed E-state index contributed by atoms with van der Waals surface area (Å²) in [6, 6.07) is 6.23. The Morgan fingerprint density at radius 3 is 2.41 bits per heavy atom. The SMILES string of the molecule is Cc1cc(C)cc(Nc2ncnc(N)c2Br)c1. The van der Waals surface area contributed by atoms with Crippen LogP contribution in [0.25, 0.3) is 0 Å². The van der Waals surface area contributed by atoms with Gasteiger partial charge in [-0.1, -0.05) is 6.07 Å². The van der Waals surface area contributed by atoms with Gasteiger partial charge in [-0.25, -0.2) is 9.97 Å². The molecular formula is C12H13BrN4. The number of nitrogen functional groups attached to an aromatic ring is 1. The summed E-state index contributed by atoms with van der Waals surface area (Å²) in [6.07, 6.45) is 1.44. The molecule has 0 atom stereocenters. The third-order valence-electron chi connectivity index (χ3n) is 2.30. The number of aromatic nitrogens is 2. The number of halogens is 1. The fourth-order valence-corrected chi connectivity index (χ4v) is 1.96. The minimum atomic E-state index is 0.423. The molecule has 4 nitrogen and oxygen atoms in total. The van der Waals surface area contributed by atoms with Crippen molar-refractivity contribution in [3.8, 4) is 0 Å². The first-order valence-electron chi connectivity index (χ1n) is 5.17. The number of hydrogen-bond acceptors (Lipinski definition) is 4. The second kappa shape index (κ2) is 4.71. The van der Waals surface area contributed by atoms with Crippen LogP contribution in [-0.4, -0.2) is 9.97 Å². The van der Waals surface area contributed by atoms with Crippen LogP contribution < -0.4 is 11.1 Å². The molecule has 1 aromatic heterocycles. The maximum Gasteiger partial charge on any atom is 0.150 e. The van der Waals surface area contributed by atoms with Gasteiger partial charge in [0.2, 0.25) is 0 Å². The third-order valence-corrected chi connectivity index (χ3v) is 3.08. The molecule has 0 radical (unpaired) electrons. The average molecular weight is 293 g/mol. The fraction of sp³-hybridized carbons (Fsp3) is 0.167. The first kappa shape index (κ1) is 11.9. The highest BCUT2D eigenvalue weighted by Crippen LogP contribution is 2.27. The molecule has 2 aromatic rings. The number of nitrogens with zero attached hydrogens (tertiary/aromatic N) is 2. The van der Waals surface area contributed by atoms with E-state index < -0.39 is 0 Å². The maximum absolute atomic E-state index is 5.70. The number of rotatable bonds is 2. The van der Waals surface area contributed by atoms with Crippen molar-refractivity contribution in [3.63, 3.8) is 0 Å². The van der Waals surface area contributed by atoms with Crippen molar-refractivity contribution in [1.29, 1.82) is 0 Å². The zero-order valence-electron chi connectivity index (χ0n) is 9.66. The molecule has 0 aliphatic heterocycles. The zero-order chi connectivity index (χ0) is 12.4. The van der Waals surface area contributed by atoms with E-state index in [9.17, 15) is 0 Å². The van der Waals surface area contributed by atoms with Crippen LogP contribution in [0.5, 0.6) is 0 Å². The van der Waals surface area contributed by atoms with Crippen molar-refractivity contribution < 1.29 is 0 Å². The van der Waals surface area contributed by atoms with Crippen molar-refractivity contribution in [2.24, 2.45) is 0 Å². The van der Waals surface area contributed by atoms with Crippen LogP contribution >= 0.6 is 15.9 Å². The lowest BCUT2D eigenvalue weighted by atomic mass is 10.1. The molecule has 0 amide bonds. The molecule has 17 heavy (non-hydrogen) atoms. The number of hydrogen-bond donors (Lipinski definition) is 2. The van der Waals surface area contributed by atoms with Gasteiger partial charge in [-0.3, -0.25) is 0 Å². The van der Waals surface area contributed by atoms with Gasteiger partial charge < -0.3 is 11.1 Å². The van der Waals surface area contributed by atoms with Gasteiger partial charge in [0.15, 0.2) is 0 Å². The summed E-state index contributed by atoms with van der Waals surface area (Å²) in [5.74, 6) is 1.09. The van der Waals surface area contributed by atoms with Crippen molar-refractivity contribution >= 4 is 33.3 Å². The highest BCUT2D eigenvalue weighted by molar-refractivity contribution is 9.10. The van der Waals surface area contributed by atoms with Crippen molar-refractivity contribution in [3.05, 3.63) is 40.1 Å². The third kappa shape index (κ3) is 2.74. The van der Waals surface area contributed by atoms with Gasteiger partial charge in [-0.05, 0) is 53.0 Å². The largest absolute Gasteiger partial charge is 0.383 e. The Bertz CT molecular complexity index is 534. The summed E-state index contributed by atoms with van der Waals surface area (Å²) in [7, 11) is 0. The van der Waals surface area contributed by atoms with Gasteiger partial charge >= 0.3 is 0 Å². The minimum Gasteiger partial charge on any atom is -0.383 e. The van der Waals surface area contributed by atoms with Crippen LogP contribution in [0, 0.1) is 13.8 Å². The highest BCUT2D eigenvalue weighted by atomic mass is 79.9. The van der Waals surface area contributed by atoms with Gasteiger partial charge in [0.05, 0.1) is 0 Å². The maximum atomic E-state index is 5.70. The zero-order valence-corrected chi connectivity index (χ0v) is 11.2. The highest BCUT2D eigenvalue weighted by Gasteiger charge is 2.06. The lowest BCUT2D eigenvalue weighted by Crippen LogP contribution is -2.00. The molecule has 88 valence electrons. The predicted octanol–water partition coefficient (Wildman–Crippen LogP) is 3.18. The molecule has 0 saturated heterocycles. The second-order valence-electron chi connectivity index (χ2n) is 3.92. The Balaban J connectivity index is 2.34. The molecular weight excluding hydrogens is 280 g/mol. The molecule has 0 saturated carbocycles. The molecule has 3 N–H and O–H groups in total. The lowest BCUT2D eigenvalue weighted by molar-refractivity contribution is 1.16. The number of benzene rings is 1. The summed E-state index contributed by atoms with van der Waals surface area (Å²) in [6.45, 7) is 4.11. The molecule has 1 aromatic carbocycles. The van der Waals surface area contributed by atoms with Crippen LogP contribution in [-0.2, 0) is 0 Å². The Labute approximate surface area is 108 Å². The Morgan fingerprint density at radius 1 is 1.12 bits per heavy atom. The Hall–Kier alpha value is -1.62. The van der Waals surface area contributed by atoms with Crippen LogP contribution in [0.3, 0.4) is 0 Å². The van der Waals surface area contributed by atoms with Gasteiger partial charge in [-0.2, -0.15) is 0 Å². The fourth-order valence-electron chi connectivity index (χ4n) is 1.65. The van der Waals surface area contributed by atoms with E-state index in [2.05, 4.69) is 63.3 Å². The molecule has 0 aliphatic carbocycles. The van der Waals surface area contributed by atoms with E-state index in [0.29, 0.717) is 16.1 Å². The summed E-state index contributed by atoms with van der Waals surface area (Å²) in [5.41, 5.74) is 9.08. The van der Waals surface area contributed by atoms with Gasteiger partial charge in [-0.15, -0.1) is 0 Å². The monoisotopic (exact) mass is 292 g/mol. The van der Waals surface area contributed by atoms with E-state index >= 15 is 0 Å². The molecule has 5 heteroatoms. The van der Waals surface area contributed by atoms with Crippen molar-refractivity contribution in [1.82, 2.24) is 9.97 Å². The van der Waals surface area contributed by atoms with Gasteiger partial charge in [0.25, 0.3) is 0 Å². The molecule has 0 spiro atoms. The number of aryl methyl sites for hydroxylation is 2. The lowest BCUT2D eigenvalue weighted by Gasteiger charge is -2.09. The first-order valence-corrected chi connectivity index (χ1v) is 5.97. The van der Waals surface area contributed by atoms with E-state index in [1.54, 1.807) is 0 Å². The van der Waals surface area contributed by atoms with E-state index in [1.165, 1.54) is 17.5 Å². The molecule has 1 heterocycles. The quantitative estimate of drug-likeness (QED) is 0.892. The topological polar surface area (TPSA) is 63.8 Å². The van der Waals surface area contributed by atoms with Crippen LogP contribution in [0.1, 0.15) is 11.1 Å². The van der Waals surface area contributed by atoms with Crippen molar-refractivity contribution in [2.45, 2.75) is 13.8 Å². The minimum absolute atomic E-state index is 0.423. The summed E-state index contributed by atoms with van der Waals surface area (Å²) < 4.78 is 0.680. The van der Waals surface area contributed by atoms with Crippen LogP contribution in [0.4, 0.5) is 17.3 Å². The van der Waals surface area contributed by atoms with Crippen LogP contribution in [0.15, 0.2) is 29.0 Å². The number of nitrogens with one attached hydrogen (secondary N) is 1. The summed E-state index contributed by atoms with van der Waals surface area (Å²) in [4.78, 5) is 8.04. The standard InChI is InChI=1S/C12H13BrN4/c1-7-3-8(2)5-9(4-7)17-12-10(13)11(14)15-6-16-12/h3-6H,1-2H3,(H3,14,15,16,17). The van der Waals surface area contributed by atoms with E-state index in [4.69, 9.17) is 5.73 Å². The summed E-state index contributed by atoms with van der Waals surface area (Å²) >= 11 is 3.36. The van der Waals surface area contributed by atoms with Crippen LogP contribution in [0.2, 0.25) is 0 Å². The molecule has 0 aliphatic rings. The van der Waals surface area contributed by atoms with E-state index in [0.717, 1.165) is 5.69 Å². The smallest absolute Gasteiger partial charge is 0.150 e. The molecule has 0 bridgehead atoms. The normalized spacial score (nSPS) is 10.3. The summed E-state index contributed by atoms with van der Waals surface area (Å²) in [5, 5.41) is 3.22. The number of nitrogens with two attached hydrogens (primary N) is 1. The number of anilines is 3. The molecule has 0 fully saturated rings. The molecule has 0 unspecified atom stereocenters. The van der Waals surface area contributed by atoms with Crippen molar-refractivity contribution in [2.75, 3.05) is 11.1 Å². The Morgan fingerprint density at radius 2 is 1.76 bits per heavy atom. The average Bonchev–Trinajstić information content (AvgIpc) is 2.23. The second-order valence-corrected chi connectivity index (χ2v) is 4.72. The van der Waals surface area contributed by atoms with E-state index in [-0.39, 0.29) is 0 Å². The van der Waals surface area contributed by atoms with Gasteiger partial charge in [0.1, 0.15) is 22.4 Å². The molecule has 2 rings (SSSR count).